The molecule has 1 aromatic rings. The molecule has 2 rings (SSSR count). The minimum atomic E-state index is -0.821. The number of hydrogen-bond donors (Lipinski definition) is 1. The van der Waals surface area contributed by atoms with Gasteiger partial charge >= 0.3 is 0 Å². The molecular weight excluding hydrogens is 308 g/mol. The Hall–Kier alpha value is -1.01. The first-order valence-corrected chi connectivity index (χ1v) is 6.22. The maximum Gasteiger partial charge on any atom is 0.254 e. The van der Waals surface area contributed by atoms with Gasteiger partial charge in [0.2, 0.25) is 0 Å². The highest BCUT2D eigenvalue weighted by Gasteiger charge is 2.47. The molecular formula is C12H12BrF2NO2. The van der Waals surface area contributed by atoms with Gasteiger partial charge in [0, 0.05) is 5.56 Å². The summed E-state index contributed by atoms with van der Waals surface area (Å²) < 4.78 is 32.1. The number of hydrogen-bond acceptors (Lipinski definition) is 2. The lowest BCUT2D eigenvalue weighted by molar-refractivity contribution is -0.126. The zero-order valence-electron chi connectivity index (χ0n) is 9.89. The molecule has 98 valence electrons. The van der Waals surface area contributed by atoms with Crippen molar-refractivity contribution in [3.8, 4) is 0 Å². The molecule has 2 unspecified atom stereocenters. The van der Waals surface area contributed by atoms with Crippen LogP contribution < -0.4 is 5.32 Å². The fourth-order valence-corrected chi connectivity index (χ4v) is 1.85. The lowest BCUT2D eigenvalue weighted by atomic mass is 10.1. The van der Waals surface area contributed by atoms with E-state index in [1.807, 2.05) is 0 Å². The standard InChI is InChI=1S/C12H12BrF2NO2/c1-6(16-11(17)12(2)5-18-12)7-3-10(15)8(13)4-9(7)14/h3-4,6H,5H2,1-2H3,(H,16,17). The SMILES string of the molecule is CC(NC(=O)C1(C)CO1)c1cc(F)c(Br)cc1F. The summed E-state index contributed by atoms with van der Waals surface area (Å²) in [6.07, 6.45) is 0. The maximum absolute atomic E-state index is 13.7. The molecule has 1 fully saturated rings. The first kappa shape index (κ1) is 13.4. The van der Waals surface area contributed by atoms with Crippen LogP contribution in [0.5, 0.6) is 0 Å². The van der Waals surface area contributed by atoms with Crippen LogP contribution in [0.1, 0.15) is 25.5 Å². The molecule has 1 saturated heterocycles. The Bertz CT molecular complexity index is 503. The molecule has 1 aromatic carbocycles. The summed E-state index contributed by atoms with van der Waals surface area (Å²) in [7, 11) is 0. The van der Waals surface area contributed by atoms with Crippen molar-refractivity contribution >= 4 is 21.8 Å². The number of ether oxygens (including phenoxy) is 1. The van der Waals surface area contributed by atoms with E-state index in [1.54, 1.807) is 13.8 Å². The molecule has 0 spiro atoms. The molecule has 0 bridgehead atoms. The van der Waals surface area contributed by atoms with E-state index in [1.165, 1.54) is 0 Å². The molecule has 3 nitrogen and oxygen atoms in total. The summed E-state index contributed by atoms with van der Waals surface area (Å²) in [5, 5.41) is 2.60. The summed E-state index contributed by atoms with van der Waals surface area (Å²) in [4.78, 5) is 11.7. The van der Waals surface area contributed by atoms with Crippen LogP contribution in [0.3, 0.4) is 0 Å². The Balaban J connectivity index is 2.16. The van der Waals surface area contributed by atoms with Crippen molar-refractivity contribution in [1.82, 2.24) is 5.32 Å². The van der Waals surface area contributed by atoms with Gasteiger partial charge in [-0.25, -0.2) is 8.78 Å². The van der Waals surface area contributed by atoms with Crippen LogP contribution >= 0.6 is 15.9 Å². The summed E-state index contributed by atoms with van der Waals surface area (Å²) in [6.45, 7) is 3.59. The monoisotopic (exact) mass is 319 g/mol. The summed E-state index contributed by atoms with van der Waals surface area (Å²) in [6, 6.07) is 1.49. The predicted octanol–water partition coefficient (Wildman–Crippen LogP) is 2.69. The zero-order chi connectivity index (χ0) is 13.5. The van der Waals surface area contributed by atoms with Crippen molar-refractivity contribution in [3.63, 3.8) is 0 Å². The summed E-state index contributed by atoms with van der Waals surface area (Å²) >= 11 is 2.90. The largest absolute Gasteiger partial charge is 0.359 e. The van der Waals surface area contributed by atoms with Crippen molar-refractivity contribution in [2.45, 2.75) is 25.5 Å². The minimum absolute atomic E-state index is 0.0553. The van der Waals surface area contributed by atoms with Gasteiger partial charge in [0.05, 0.1) is 17.1 Å². The average Bonchev–Trinajstić information content (AvgIpc) is 3.03. The van der Waals surface area contributed by atoms with E-state index in [2.05, 4.69) is 21.2 Å². The second kappa shape index (κ2) is 4.59. The number of carbonyl (C=O) groups is 1. The molecule has 1 aliphatic heterocycles. The van der Waals surface area contributed by atoms with Crippen molar-refractivity contribution in [3.05, 3.63) is 33.8 Å². The van der Waals surface area contributed by atoms with E-state index >= 15 is 0 Å². The number of rotatable bonds is 3. The second-order valence-electron chi connectivity index (χ2n) is 4.50. The van der Waals surface area contributed by atoms with Crippen LogP contribution in [0.15, 0.2) is 16.6 Å². The highest BCUT2D eigenvalue weighted by atomic mass is 79.9. The molecule has 1 amide bonds. The van der Waals surface area contributed by atoms with Gasteiger partial charge in [-0.2, -0.15) is 0 Å². The van der Waals surface area contributed by atoms with E-state index in [0.29, 0.717) is 6.61 Å². The second-order valence-corrected chi connectivity index (χ2v) is 5.36. The summed E-state index contributed by atoms with van der Waals surface area (Å²) in [5.74, 6) is -1.46. The Kier molecular flexibility index (Phi) is 3.42. The Morgan fingerprint density at radius 3 is 2.67 bits per heavy atom. The smallest absolute Gasteiger partial charge is 0.254 e. The zero-order valence-corrected chi connectivity index (χ0v) is 11.5. The van der Waals surface area contributed by atoms with Crippen molar-refractivity contribution < 1.29 is 18.3 Å². The fraction of sp³-hybridized carbons (Fsp3) is 0.417. The molecule has 0 aliphatic carbocycles. The molecule has 1 heterocycles. The lowest BCUT2D eigenvalue weighted by Crippen LogP contribution is -2.37. The van der Waals surface area contributed by atoms with Crippen LogP contribution in [-0.4, -0.2) is 18.1 Å². The predicted molar refractivity (Wildman–Crippen MR) is 65.0 cm³/mol. The van der Waals surface area contributed by atoms with Gasteiger partial charge in [0.25, 0.3) is 5.91 Å². The number of amides is 1. The third-order valence-electron chi connectivity index (χ3n) is 2.91. The van der Waals surface area contributed by atoms with Crippen molar-refractivity contribution in [1.29, 1.82) is 0 Å². The number of epoxide rings is 1. The van der Waals surface area contributed by atoms with Gasteiger partial charge in [0.15, 0.2) is 5.60 Å². The van der Waals surface area contributed by atoms with Crippen LogP contribution in [0, 0.1) is 11.6 Å². The van der Waals surface area contributed by atoms with Crippen LogP contribution in [0.25, 0.3) is 0 Å². The number of benzene rings is 1. The maximum atomic E-state index is 13.7. The van der Waals surface area contributed by atoms with Crippen LogP contribution in [0.2, 0.25) is 0 Å². The van der Waals surface area contributed by atoms with Crippen molar-refractivity contribution in [2.75, 3.05) is 6.61 Å². The number of halogens is 3. The molecule has 0 saturated carbocycles. The number of carbonyl (C=O) groups excluding carboxylic acids is 1. The first-order valence-electron chi connectivity index (χ1n) is 5.43. The molecule has 6 heteroatoms. The topological polar surface area (TPSA) is 41.6 Å². The van der Waals surface area contributed by atoms with Gasteiger partial charge < -0.3 is 10.1 Å². The molecule has 18 heavy (non-hydrogen) atoms. The van der Waals surface area contributed by atoms with E-state index < -0.39 is 23.3 Å². The lowest BCUT2D eigenvalue weighted by Gasteiger charge is -2.17. The van der Waals surface area contributed by atoms with Crippen LogP contribution in [-0.2, 0) is 9.53 Å². The molecule has 1 N–H and O–H groups in total. The van der Waals surface area contributed by atoms with Crippen molar-refractivity contribution in [2.24, 2.45) is 0 Å². The van der Waals surface area contributed by atoms with Gasteiger partial charge in [0.1, 0.15) is 11.6 Å². The molecule has 1 aliphatic rings. The summed E-state index contributed by atoms with van der Waals surface area (Å²) in [5.41, 5.74) is -0.716. The third kappa shape index (κ3) is 2.54. The van der Waals surface area contributed by atoms with Crippen LogP contribution in [0.4, 0.5) is 8.78 Å². The normalized spacial score (nSPS) is 23.6. The highest BCUT2D eigenvalue weighted by molar-refractivity contribution is 9.10. The van der Waals surface area contributed by atoms with E-state index in [9.17, 15) is 13.6 Å². The molecule has 0 radical (unpaired) electrons. The van der Waals surface area contributed by atoms with E-state index in [0.717, 1.165) is 12.1 Å². The molecule has 0 aromatic heterocycles. The average molecular weight is 320 g/mol. The van der Waals surface area contributed by atoms with Gasteiger partial charge in [-0.05, 0) is 41.9 Å². The van der Waals surface area contributed by atoms with E-state index in [4.69, 9.17) is 4.74 Å². The van der Waals surface area contributed by atoms with E-state index in [-0.39, 0.29) is 15.9 Å². The Morgan fingerprint density at radius 1 is 1.50 bits per heavy atom. The Labute approximate surface area is 112 Å². The van der Waals surface area contributed by atoms with Gasteiger partial charge in [-0.3, -0.25) is 4.79 Å². The third-order valence-corrected chi connectivity index (χ3v) is 3.52. The molecule has 2 atom stereocenters. The van der Waals surface area contributed by atoms with Gasteiger partial charge in [-0.15, -0.1) is 0 Å². The highest BCUT2D eigenvalue weighted by Crippen LogP contribution is 2.28. The quantitative estimate of drug-likeness (QED) is 0.687. The fourth-order valence-electron chi connectivity index (χ4n) is 1.54. The minimum Gasteiger partial charge on any atom is -0.359 e. The first-order chi connectivity index (χ1) is 8.33. The Morgan fingerprint density at radius 2 is 2.11 bits per heavy atom. The number of nitrogens with one attached hydrogen (secondary N) is 1. The van der Waals surface area contributed by atoms with Gasteiger partial charge in [-0.1, -0.05) is 0 Å².